The zero-order valence-electron chi connectivity index (χ0n) is 20.6. The maximum Gasteiger partial charge on any atom is 0.281 e. The maximum absolute atomic E-state index is 13.7. The number of sulfonamides is 1. The zero-order chi connectivity index (χ0) is 28.3. The predicted octanol–water partition coefficient (Wildman–Crippen LogP) is 2.36. The van der Waals surface area contributed by atoms with Crippen LogP contribution in [0.15, 0.2) is 75.9 Å². The number of carbonyl (C=O) groups excluding carboxylic acids is 2. The highest BCUT2D eigenvalue weighted by molar-refractivity contribution is 7.89. The summed E-state index contributed by atoms with van der Waals surface area (Å²) < 4.78 is 59.6. The Morgan fingerprint density at radius 1 is 1.13 bits per heavy atom. The van der Waals surface area contributed by atoms with E-state index in [9.17, 15) is 26.8 Å². The fraction of sp³-hybridized carbons (Fsp3) is 0.160. The molecule has 0 radical (unpaired) electrons. The molecule has 204 valence electrons. The molecule has 14 heteroatoms. The van der Waals surface area contributed by atoms with E-state index in [0.29, 0.717) is 23.9 Å². The van der Waals surface area contributed by atoms with Crippen LogP contribution in [0.1, 0.15) is 27.3 Å². The van der Waals surface area contributed by atoms with Crippen molar-refractivity contribution in [1.29, 1.82) is 0 Å². The summed E-state index contributed by atoms with van der Waals surface area (Å²) in [7, 11) is -2.91. The first-order valence-electron chi connectivity index (χ1n) is 11.4. The van der Waals surface area contributed by atoms with E-state index in [4.69, 9.17) is 16.2 Å². The minimum Gasteiger partial charge on any atom is -0.497 e. The van der Waals surface area contributed by atoms with Gasteiger partial charge in [-0.05, 0) is 36.4 Å². The van der Waals surface area contributed by atoms with Crippen molar-refractivity contribution in [2.45, 2.75) is 11.3 Å². The van der Waals surface area contributed by atoms with Crippen LogP contribution in [0.4, 0.5) is 14.5 Å². The molecule has 2 amide bonds. The van der Waals surface area contributed by atoms with E-state index in [1.807, 2.05) is 0 Å². The lowest BCUT2D eigenvalue weighted by atomic mass is 10.1. The molecule has 0 bridgehead atoms. The number of benzene rings is 2. The van der Waals surface area contributed by atoms with Crippen LogP contribution in [0, 0.1) is 11.6 Å². The van der Waals surface area contributed by atoms with Crippen LogP contribution in [0.2, 0.25) is 0 Å². The van der Waals surface area contributed by atoms with Gasteiger partial charge in [0.2, 0.25) is 10.0 Å². The summed E-state index contributed by atoms with van der Waals surface area (Å²) >= 11 is 0. The maximum atomic E-state index is 13.7. The molecular formula is C25H24F2N6O5S. The minimum atomic E-state index is -4.32. The molecule has 2 heterocycles. The molecule has 1 aliphatic heterocycles. The minimum absolute atomic E-state index is 0.0200. The first kappa shape index (κ1) is 27.5. The molecule has 1 aliphatic rings. The molecule has 0 unspecified atom stereocenters. The summed E-state index contributed by atoms with van der Waals surface area (Å²) in [6.07, 6.45) is 1.60. The van der Waals surface area contributed by atoms with Crippen molar-refractivity contribution in [2.75, 3.05) is 25.5 Å². The van der Waals surface area contributed by atoms with Gasteiger partial charge in [0, 0.05) is 49.1 Å². The SMILES string of the molecule is COc1ccc(C(=O)N=C(N)C2=C(N)CCN(S(=O)(=O)c3cc(F)cc(F)c3)C2)c(NC(=O)c2ccc[nH]2)c1. The molecule has 0 aliphatic carbocycles. The van der Waals surface area contributed by atoms with Crippen LogP contribution in [0.5, 0.6) is 5.75 Å². The number of amidine groups is 1. The number of ether oxygens (including phenoxy) is 1. The Hall–Kier alpha value is -4.56. The highest BCUT2D eigenvalue weighted by Crippen LogP contribution is 2.26. The number of carbonyl (C=O) groups is 2. The molecule has 0 saturated carbocycles. The molecule has 0 saturated heterocycles. The van der Waals surface area contributed by atoms with Crippen LogP contribution in [-0.4, -0.2) is 55.6 Å². The number of aromatic nitrogens is 1. The van der Waals surface area contributed by atoms with E-state index in [0.717, 1.165) is 4.31 Å². The molecule has 0 spiro atoms. The number of halogens is 2. The average Bonchev–Trinajstić information content (AvgIpc) is 3.43. The molecule has 6 N–H and O–H groups in total. The zero-order valence-corrected chi connectivity index (χ0v) is 21.4. The number of hydrogen-bond donors (Lipinski definition) is 4. The molecule has 1 aromatic heterocycles. The number of nitrogens with zero attached hydrogens (tertiary/aromatic N) is 2. The van der Waals surface area contributed by atoms with Gasteiger partial charge in [-0.1, -0.05) is 0 Å². The van der Waals surface area contributed by atoms with E-state index in [1.54, 1.807) is 18.3 Å². The van der Waals surface area contributed by atoms with E-state index < -0.39 is 38.4 Å². The summed E-state index contributed by atoms with van der Waals surface area (Å²) in [5, 5.41) is 2.62. The second-order valence-electron chi connectivity index (χ2n) is 8.45. The second-order valence-corrected chi connectivity index (χ2v) is 10.4. The van der Waals surface area contributed by atoms with Gasteiger partial charge < -0.3 is 26.5 Å². The van der Waals surface area contributed by atoms with Crippen molar-refractivity contribution in [2.24, 2.45) is 16.5 Å². The summed E-state index contributed by atoms with van der Waals surface area (Å²) in [4.78, 5) is 31.8. The van der Waals surface area contributed by atoms with Gasteiger partial charge in [0.25, 0.3) is 11.8 Å². The Labute approximate surface area is 222 Å². The van der Waals surface area contributed by atoms with Crippen molar-refractivity contribution in [1.82, 2.24) is 9.29 Å². The van der Waals surface area contributed by atoms with Gasteiger partial charge >= 0.3 is 0 Å². The van der Waals surface area contributed by atoms with Gasteiger partial charge in [-0.3, -0.25) is 9.59 Å². The smallest absolute Gasteiger partial charge is 0.281 e. The van der Waals surface area contributed by atoms with Crippen molar-refractivity contribution in [3.8, 4) is 5.75 Å². The molecular weight excluding hydrogens is 534 g/mol. The number of anilines is 1. The Balaban J connectivity index is 1.61. The van der Waals surface area contributed by atoms with Gasteiger partial charge in [-0.25, -0.2) is 17.2 Å². The number of methoxy groups -OCH3 is 1. The number of nitrogens with one attached hydrogen (secondary N) is 2. The Kier molecular flexibility index (Phi) is 7.78. The normalized spacial score (nSPS) is 14.8. The van der Waals surface area contributed by atoms with Crippen LogP contribution in [-0.2, 0) is 10.0 Å². The van der Waals surface area contributed by atoms with Crippen molar-refractivity contribution in [3.05, 3.63) is 88.9 Å². The highest BCUT2D eigenvalue weighted by Gasteiger charge is 2.31. The lowest BCUT2D eigenvalue weighted by Gasteiger charge is -2.28. The third-order valence-corrected chi connectivity index (χ3v) is 7.73. The Morgan fingerprint density at radius 3 is 2.49 bits per heavy atom. The number of rotatable bonds is 7. The number of H-pyrrole nitrogens is 1. The molecule has 2 aromatic carbocycles. The van der Waals surface area contributed by atoms with Gasteiger partial charge in [-0.2, -0.15) is 9.30 Å². The number of nitrogens with two attached hydrogens (primary N) is 2. The summed E-state index contributed by atoms with van der Waals surface area (Å²) in [6.45, 7) is -0.460. The number of aliphatic imine (C=N–C) groups is 1. The largest absolute Gasteiger partial charge is 0.497 e. The molecule has 0 atom stereocenters. The number of hydrogen-bond acceptors (Lipinski definition) is 6. The average molecular weight is 559 g/mol. The molecule has 11 nitrogen and oxygen atoms in total. The van der Waals surface area contributed by atoms with Gasteiger partial charge in [-0.15, -0.1) is 0 Å². The topological polar surface area (TPSA) is 173 Å². The van der Waals surface area contributed by atoms with E-state index >= 15 is 0 Å². The summed E-state index contributed by atoms with van der Waals surface area (Å²) in [6, 6.07) is 9.45. The third kappa shape index (κ3) is 5.97. The first-order valence-corrected chi connectivity index (χ1v) is 12.9. The highest BCUT2D eigenvalue weighted by atomic mass is 32.2. The Bertz CT molecular complexity index is 1580. The van der Waals surface area contributed by atoms with Crippen molar-refractivity contribution in [3.63, 3.8) is 0 Å². The van der Waals surface area contributed by atoms with Crippen LogP contribution < -0.4 is 21.5 Å². The van der Waals surface area contributed by atoms with E-state index in [2.05, 4.69) is 15.3 Å². The standard InChI is InChI=1S/C25H24F2N6O5S/c1-38-16-4-5-18(22(12-16)31-25(35)21-3-2-7-30-21)24(34)32-23(29)19-13-33(8-6-20(19)28)39(36,37)17-10-14(26)9-15(27)11-17/h2-5,7,9-12,30H,6,8,13,28H2,1H3,(H,31,35)(H2,29,32,34). The number of amides is 2. The Morgan fingerprint density at radius 2 is 1.85 bits per heavy atom. The molecule has 39 heavy (non-hydrogen) atoms. The number of aromatic amines is 1. The quantitative estimate of drug-likeness (QED) is 0.254. The molecule has 0 fully saturated rings. The van der Waals surface area contributed by atoms with Gasteiger partial charge in [0.15, 0.2) is 0 Å². The van der Waals surface area contributed by atoms with E-state index in [1.165, 1.54) is 25.3 Å². The lowest BCUT2D eigenvalue weighted by molar-refractivity contribution is 0.100. The van der Waals surface area contributed by atoms with Gasteiger partial charge in [0.05, 0.1) is 23.3 Å². The lowest BCUT2D eigenvalue weighted by Crippen LogP contribution is -2.41. The van der Waals surface area contributed by atoms with Crippen LogP contribution in [0.3, 0.4) is 0 Å². The summed E-state index contributed by atoms with van der Waals surface area (Å²) in [5.41, 5.74) is 12.7. The van der Waals surface area contributed by atoms with Crippen LogP contribution in [0.25, 0.3) is 0 Å². The third-order valence-electron chi connectivity index (χ3n) is 5.91. The fourth-order valence-electron chi connectivity index (χ4n) is 3.87. The van der Waals surface area contributed by atoms with Gasteiger partial charge in [0.1, 0.15) is 28.9 Å². The second kappa shape index (κ2) is 11.0. The van der Waals surface area contributed by atoms with Crippen molar-refractivity contribution >= 4 is 33.4 Å². The molecule has 3 aromatic rings. The monoisotopic (exact) mass is 558 g/mol. The van der Waals surface area contributed by atoms with Crippen LogP contribution >= 0.6 is 0 Å². The van der Waals surface area contributed by atoms with Crippen molar-refractivity contribution < 1.29 is 31.5 Å². The summed E-state index contributed by atoms with van der Waals surface area (Å²) in [5.74, 6) is -3.45. The predicted molar refractivity (Wildman–Crippen MR) is 139 cm³/mol. The molecule has 4 rings (SSSR count). The van der Waals surface area contributed by atoms with E-state index in [-0.39, 0.29) is 53.6 Å². The fourth-order valence-corrected chi connectivity index (χ4v) is 5.32. The first-order chi connectivity index (χ1) is 18.5.